The van der Waals surface area contributed by atoms with Crippen LogP contribution in [0.2, 0.25) is 0 Å². The van der Waals surface area contributed by atoms with Crippen LogP contribution in [0.4, 0.5) is 5.13 Å². The molecular formula is C15H22N4OS. The molecule has 0 aliphatic heterocycles. The summed E-state index contributed by atoms with van der Waals surface area (Å²) in [6.07, 6.45) is 2.25. The van der Waals surface area contributed by atoms with E-state index in [1.807, 2.05) is 11.4 Å². The quantitative estimate of drug-likeness (QED) is 0.831. The summed E-state index contributed by atoms with van der Waals surface area (Å²) in [5, 5.41) is 12.7. The standard InChI is InChI=1S/C15H22N4OS/c1-5-6-7-16-14-17-11(9-21-14)10-8-12(15(2,3)4)18-19-13(10)20/h8-9H,5-7H2,1-4H3,(H,16,17)(H,19,20). The zero-order chi connectivity index (χ0) is 15.5. The zero-order valence-electron chi connectivity index (χ0n) is 13.0. The normalized spacial score (nSPS) is 11.6. The van der Waals surface area contributed by atoms with Gasteiger partial charge < -0.3 is 5.32 Å². The number of anilines is 1. The average Bonchev–Trinajstić information content (AvgIpc) is 2.87. The predicted octanol–water partition coefficient (Wildman–Crippen LogP) is 3.40. The molecule has 6 heteroatoms. The van der Waals surface area contributed by atoms with Crippen LogP contribution in [0.15, 0.2) is 16.2 Å². The van der Waals surface area contributed by atoms with Gasteiger partial charge in [-0.1, -0.05) is 34.1 Å². The monoisotopic (exact) mass is 306 g/mol. The van der Waals surface area contributed by atoms with Crippen LogP contribution in [0.1, 0.15) is 46.2 Å². The molecule has 0 bridgehead atoms. The Morgan fingerprint density at radius 1 is 1.38 bits per heavy atom. The van der Waals surface area contributed by atoms with E-state index < -0.39 is 0 Å². The van der Waals surface area contributed by atoms with E-state index in [-0.39, 0.29) is 11.0 Å². The van der Waals surface area contributed by atoms with Crippen molar-refractivity contribution in [2.24, 2.45) is 0 Å². The fraction of sp³-hybridized carbons (Fsp3) is 0.533. The van der Waals surface area contributed by atoms with Crippen LogP contribution in [-0.4, -0.2) is 21.7 Å². The number of H-pyrrole nitrogens is 1. The Balaban J connectivity index is 2.27. The van der Waals surface area contributed by atoms with Crippen molar-refractivity contribution in [3.63, 3.8) is 0 Å². The zero-order valence-corrected chi connectivity index (χ0v) is 13.8. The summed E-state index contributed by atoms with van der Waals surface area (Å²) >= 11 is 1.52. The first-order valence-corrected chi connectivity index (χ1v) is 8.09. The molecule has 0 aliphatic rings. The van der Waals surface area contributed by atoms with E-state index in [0.29, 0.717) is 11.3 Å². The highest BCUT2D eigenvalue weighted by atomic mass is 32.1. The van der Waals surface area contributed by atoms with Gasteiger partial charge in [0.1, 0.15) is 0 Å². The van der Waals surface area contributed by atoms with E-state index >= 15 is 0 Å². The summed E-state index contributed by atoms with van der Waals surface area (Å²) in [4.78, 5) is 16.5. The Hall–Kier alpha value is -1.69. The molecule has 0 unspecified atom stereocenters. The van der Waals surface area contributed by atoms with Crippen molar-refractivity contribution in [3.05, 3.63) is 27.5 Å². The summed E-state index contributed by atoms with van der Waals surface area (Å²) in [6, 6.07) is 1.84. The van der Waals surface area contributed by atoms with Gasteiger partial charge in [-0.05, 0) is 12.5 Å². The Morgan fingerprint density at radius 3 is 2.81 bits per heavy atom. The van der Waals surface area contributed by atoms with Crippen molar-refractivity contribution in [2.45, 2.75) is 46.0 Å². The average molecular weight is 306 g/mol. The molecule has 114 valence electrons. The van der Waals surface area contributed by atoms with E-state index in [2.05, 4.69) is 48.2 Å². The van der Waals surface area contributed by atoms with Crippen LogP contribution >= 0.6 is 11.3 Å². The van der Waals surface area contributed by atoms with E-state index in [1.54, 1.807) is 0 Å². The Morgan fingerprint density at radius 2 is 2.14 bits per heavy atom. The van der Waals surface area contributed by atoms with Crippen molar-refractivity contribution in [1.82, 2.24) is 15.2 Å². The maximum atomic E-state index is 12.0. The highest BCUT2D eigenvalue weighted by Crippen LogP contribution is 2.25. The molecule has 0 saturated heterocycles. The number of rotatable bonds is 5. The molecule has 0 spiro atoms. The molecule has 0 aliphatic carbocycles. The molecule has 2 N–H and O–H groups in total. The van der Waals surface area contributed by atoms with Gasteiger partial charge in [0.15, 0.2) is 5.13 Å². The number of hydrogen-bond acceptors (Lipinski definition) is 5. The Kier molecular flexibility index (Phi) is 4.77. The number of aromatic amines is 1. The van der Waals surface area contributed by atoms with E-state index in [1.165, 1.54) is 11.3 Å². The SMILES string of the molecule is CCCCNc1nc(-c2cc(C(C)(C)C)n[nH]c2=O)cs1. The second-order valence-corrected chi connectivity index (χ2v) is 6.92. The molecule has 2 aromatic rings. The van der Waals surface area contributed by atoms with Crippen LogP contribution in [0.5, 0.6) is 0 Å². The third-order valence-electron chi connectivity index (χ3n) is 3.16. The van der Waals surface area contributed by atoms with Crippen molar-refractivity contribution >= 4 is 16.5 Å². The Bertz CT molecular complexity index is 654. The number of nitrogens with zero attached hydrogens (tertiary/aromatic N) is 2. The largest absolute Gasteiger partial charge is 0.362 e. The minimum atomic E-state index is -0.201. The van der Waals surface area contributed by atoms with Crippen LogP contribution in [-0.2, 0) is 5.41 Å². The number of nitrogens with one attached hydrogen (secondary N) is 2. The molecule has 2 rings (SSSR count). The van der Waals surface area contributed by atoms with Gasteiger partial charge in [-0.25, -0.2) is 10.1 Å². The van der Waals surface area contributed by atoms with Crippen molar-refractivity contribution in [3.8, 4) is 11.3 Å². The first kappa shape index (κ1) is 15.7. The van der Waals surface area contributed by atoms with Gasteiger partial charge in [-0.3, -0.25) is 4.79 Å². The topological polar surface area (TPSA) is 70.7 Å². The molecule has 0 atom stereocenters. The summed E-state index contributed by atoms with van der Waals surface area (Å²) in [5.41, 5.74) is 1.82. The van der Waals surface area contributed by atoms with Crippen LogP contribution in [0, 0.1) is 0 Å². The van der Waals surface area contributed by atoms with Crippen LogP contribution < -0.4 is 10.9 Å². The second kappa shape index (κ2) is 6.39. The number of unbranched alkanes of at least 4 members (excludes halogenated alkanes) is 1. The van der Waals surface area contributed by atoms with E-state index in [0.717, 1.165) is 30.2 Å². The highest BCUT2D eigenvalue weighted by molar-refractivity contribution is 7.14. The third kappa shape index (κ3) is 3.91. The first-order valence-electron chi connectivity index (χ1n) is 7.22. The van der Waals surface area contributed by atoms with Crippen LogP contribution in [0.25, 0.3) is 11.3 Å². The molecule has 21 heavy (non-hydrogen) atoms. The summed E-state index contributed by atoms with van der Waals surface area (Å²) < 4.78 is 0. The van der Waals surface area contributed by atoms with Gasteiger partial charge in [0.25, 0.3) is 5.56 Å². The lowest BCUT2D eigenvalue weighted by Crippen LogP contribution is -2.20. The summed E-state index contributed by atoms with van der Waals surface area (Å²) in [7, 11) is 0. The van der Waals surface area contributed by atoms with Gasteiger partial charge >= 0.3 is 0 Å². The van der Waals surface area contributed by atoms with Crippen LogP contribution in [0.3, 0.4) is 0 Å². The molecule has 2 aromatic heterocycles. The van der Waals surface area contributed by atoms with Gasteiger partial charge in [0, 0.05) is 17.3 Å². The van der Waals surface area contributed by atoms with Crippen molar-refractivity contribution in [1.29, 1.82) is 0 Å². The van der Waals surface area contributed by atoms with Crippen molar-refractivity contribution in [2.75, 3.05) is 11.9 Å². The Labute approximate surface area is 128 Å². The minimum absolute atomic E-state index is 0.114. The summed E-state index contributed by atoms with van der Waals surface area (Å²) in [5.74, 6) is 0. The highest BCUT2D eigenvalue weighted by Gasteiger charge is 2.18. The number of hydrogen-bond donors (Lipinski definition) is 2. The lowest BCUT2D eigenvalue weighted by atomic mass is 9.91. The predicted molar refractivity (Wildman–Crippen MR) is 88.1 cm³/mol. The van der Waals surface area contributed by atoms with Gasteiger partial charge in [0.05, 0.1) is 17.0 Å². The molecule has 0 radical (unpaired) electrons. The summed E-state index contributed by atoms with van der Waals surface area (Å²) in [6.45, 7) is 9.26. The van der Waals surface area contributed by atoms with Gasteiger partial charge in [0.2, 0.25) is 0 Å². The van der Waals surface area contributed by atoms with Gasteiger partial charge in [-0.2, -0.15) is 5.10 Å². The molecular weight excluding hydrogens is 284 g/mol. The molecule has 0 fully saturated rings. The first-order chi connectivity index (χ1) is 9.91. The van der Waals surface area contributed by atoms with Crippen molar-refractivity contribution < 1.29 is 0 Å². The van der Waals surface area contributed by atoms with E-state index in [4.69, 9.17) is 0 Å². The number of thiazole rings is 1. The lowest BCUT2D eigenvalue weighted by Gasteiger charge is -2.17. The lowest BCUT2D eigenvalue weighted by molar-refractivity contribution is 0.557. The molecule has 5 nitrogen and oxygen atoms in total. The van der Waals surface area contributed by atoms with Gasteiger partial charge in [-0.15, -0.1) is 11.3 Å². The maximum Gasteiger partial charge on any atom is 0.273 e. The second-order valence-electron chi connectivity index (χ2n) is 6.06. The van der Waals surface area contributed by atoms with E-state index in [9.17, 15) is 4.79 Å². The molecule has 0 saturated carbocycles. The number of aromatic nitrogens is 3. The smallest absolute Gasteiger partial charge is 0.273 e. The molecule has 2 heterocycles. The maximum absolute atomic E-state index is 12.0. The fourth-order valence-corrected chi connectivity index (χ4v) is 2.57. The third-order valence-corrected chi connectivity index (χ3v) is 3.96. The molecule has 0 aromatic carbocycles. The fourth-order valence-electron chi connectivity index (χ4n) is 1.83. The molecule has 0 amide bonds. The minimum Gasteiger partial charge on any atom is -0.362 e.